The number of ether oxygens (including phenoxy) is 2. The van der Waals surface area contributed by atoms with Crippen molar-refractivity contribution < 1.29 is 40.6 Å². The average molecular weight is 477 g/mol. The van der Waals surface area contributed by atoms with Crippen LogP contribution in [0.15, 0.2) is 48.5 Å². The Hall–Kier alpha value is -2.59. The van der Waals surface area contributed by atoms with E-state index in [4.69, 9.17) is 9.47 Å². The molecule has 0 aliphatic rings. The number of nitrogens with one attached hydrogen (secondary N) is 1. The van der Waals surface area contributed by atoms with Gasteiger partial charge in [-0.25, -0.2) is 0 Å². The third-order valence-electron chi connectivity index (χ3n) is 4.82. The van der Waals surface area contributed by atoms with Gasteiger partial charge < -0.3 is 9.47 Å². The lowest BCUT2D eigenvalue weighted by Crippen LogP contribution is -2.32. The van der Waals surface area contributed by atoms with Crippen molar-refractivity contribution in [3.63, 3.8) is 0 Å². The summed E-state index contributed by atoms with van der Waals surface area (Å²) in [4.78, 5) is 11.4. The number of rotatable bonds is 10. The molecule has 2 aromatic rings. The lowest BCUT2D eigenvalue weighted by atomic mass is 10.0. The zero-order valence-electron chi connectivity index (χ0n) is 18.1. The Bertz CT molecular complexity index is 867. The number of alkyl halides is 6. The van der Waals surface area contributed by atoms with E-state index in [1.807, 2.05) is 30.3 Å². The summed E-state index contributed by atoms with van der Waals surface area (Å²) >= 11 is 0. The molecule has 0 aromatic heterocycles. The van der Waals surface area contributed by atoms with E-state index in [0.717, 1.165) is 5.56 Å². The van der Waals surface area contributed by atoms with Gasteiger partial charge in [-0.3, -0.25) is 10.1 Å². The van der Waals surface area contributed by atoms with Crippen LogP contribution in [0.5, 0.6) is 0 Å². The van der Waals surface area contributed by atoms with Gasteiger partial charge in [-0.05, 0) is 49.1 Å². The molecule has 0 aliphatic carbocycles. The summed E-state index contributed by atoms with van der Waals surface area (Å²) in [5, 5.41) is 2.87. The second-order valence-corrected chi connectivity index (χ2v) is 7.50. The molecule has 10 heteroatoms. The van der Waals surface area contributed by atoms with Gasteiger partial charge >= 0.3 is 18.3 Å². The molecule has 4 nitrogen and oxygen atoms in total. The van der Waals surface area contributed by atoms with Crippen LogP contribution in [0.1, 0.15) is 48.6 Å². The van der Waals surface area contributed by atoms with Gasteiger partial charge in [-0.2, -0.15) is 26.3 Å². The van der Waals surface area contributed by atoms with Crippen molar-refractivity contribution in [3.8, 4) is 0 Å². The summed E-state index contributed by atoms with van der Waals surface area (Å²) in [6, 6.07) is 10.9. The van der Waals surface area contributed by atoms with Crippen LogP contribution in [0.25, 0.3) is 0 Å². The number of hydrogen-bond acceptors (Lipinski definition) is 4. The van der Waals surface area contributed by atoms with Crippen LogP contribution >= 0.6 is 0 Å². The molecule has 0 radical (unpaired) electrons. The predicted molar refractivity (Wildman–Crippen MR) is 109 cm³/mol. The van der Waals surface area contributed by atoms with Gasteiger partial charge in [0.25, 0.3) is 0 Å². The van der Waals surface area contributed by atoms with Crippen LogP contribution in [-0.4, -0.2) is 25.3 Å². The molecule has 1 unspecified atom stereocenters. The Morgan fingerprint density at radius 1 is 0.970 bits per heavy atom. The van der Waals surface area contributed by atoms with Crippen LogP contribution in [0, 0.1) is 0 Å². The fraction of sp³-hybridized carbons (Fsp3) is 0.435. The fourth-order valence-corrected chi connectivity index (χ4v) is 3.12. The third-order valence-corrected chi connectivity index (χ3v) is 4.82. The third kappa shape index (κ3) is 9.05. The number of benzene rings is 2. The van der Waals surface area contributed by atoms with Crippen LogP contribution in [0.4, 0.5) is 26.3 Å². The summed E-state index contributed by atoms with van der Waals surface area (Å²) in [7, 11) is 0. The summed E-state index contributed by atoms with van der Waals surface area (Å²) < 4.78 is 88.9. The van der Waals surface area contributed by atoms with Crippen LogP contribution in [0.2, 0.25) is 0 Å². The zero-order chi connectivity index (χ0) is 24.6. The van der Waals surface area contributed by atoms with Gasteiger partial charge in [-0.1, -0.05) is 30.3 Å². The van der Waals surface area contributed by atoms with Gasteiger partial charge in [0.1, 0.15) is 6.10 Å². The van der Waals surface area contributed by atoms with Crippen LogP contribution in [-0.2, 0) is 33.0 Å². The molecule has 0 amide bonds. The first-order chi connectivity index (χ1) is 15.4. The second kappa shape index (κ2) is 11.5. The van der Waals surface area contributed by atoms with E-state index in [2.05, 4.69) is 5.32 Å². The molecule has 0 heterocycles. The Morgan fingerprint density at radius 3 is 2.06 bits per heavy atom. The molecule has 2 atom stereocenters. The highest BCUT2D eigenvalue weighted by atomic mass is 19.4. The number of carbonyl (C=O) groups excluding carboxylic acids is 1. The lowest BCUT2D eigenvalue weighted by Gasteiger charge is -2.20. The molecule has 2 aromatic carbocycles. The first-order valence-electron chi connectivity index (χ1n) is 10.2. The molecule has 0 saturated carbocycles. The maximum Gasteiger partial charge on any atom is 0.416 e. The standard InChI is InChI=1S/C23H25F6NO3/c1-15(18-10-19(22(24,25)26)12-20(11-18)23(27,28)29)32-14-30-13-21(33-16(2)31)9-8-17-6-4-3-5-7-17/h3-7,10-12,15,21,30H,8-9,13-14H2,1-2H3/t15-,21?/m1/s1. The SMILES string of the molecule is CC(=O)OC(CCc1ccccc1)CNCO[C@H](C)c1cc(C(F)(F)F)cc(C(F)(F)F)c1. The van der Waals surface area contributed by atoms with Crippen molar-refractivity contribution in [2.45, 2.75) is 51.2 Å². The van der Waals surface area contributed by atoms with Crippen molar-refractivity contribution >= 4 is 5.97 Å². The van der Waals surface area contributed by atoms with Gasteiger partial charge in [0, 0.05) is 13.5 Å². The highest BCUT2D eigenvalue weighted by Crippen LogP contribution is 2.37. The van der Waals surface area contributed by atoms with Crippen molar-refractivity contribution in [2.24, 2.45) is 0 Å². The summed E-state index contributed by atoms with van der Waals surface area (Å²) in [6.45, 7) is 2.67. The lowest BCUT2D eigenvalue weighted by molar-refractivity contribution is -0.147. The molecule has 182 valence electrons. The van der Waals surface area contributed by atoms with E-state index in [1.54, 1.807) is 0 Å². The number of aryl methyl sites for hydroxylation is 1. The van der Waals surface area contributed by atoms with Crippen molar-refractivity contribution in [1.82, 2.24) is 5.32 Å². The minimum atomic E-state index is -4.93. The Balaban J connectivity index is 1.95. The molecule has 0 spiro atoms. The average Bonchev–Trinajstić information content (AvgIpc) is 2.73. The van der Waals surface area contributed by atoms with Crippen molar-refractivity contribution in [1.29, 1.82) is 0 Å². The quantitative estimate of drug-likeness (QED) is 0.200. The topological polar surface area (TPSA) is 47.6 Å². The van der Waals surface area contributed by atoms with E-state index >= 15 is 0 Å². The molecule has 0 saturated heterocycles. The van der Waals surface area contributed by atoms with E-state index in [-0.39, 0.29) is 24.9 Å². The van der Waals surface area contributed by atoms with Gasteiger partial charge in [0.05, 0.1) is 24.0 Å². The van der Waals surface area contributed by atoms with Gasteiger partial charge in [-0.15, -0.1) is 0 Å². The fourth-order valence-electron chi connectivity index (χ4n) is 3.12. The maximum atomic E-state index is 13.0. The first-order valence-corrected chi connectivity index (χ1v) is 10.2. The molecular weight excluding hydrogens is 452 g/mol. The highest BCUT2D eigenvalue weighted by Gasteiger charge is 2.37. The van der Waals surface area contributed by atoms with Crippen molar-refractivity contribution in [2.75, 3.05) is 13.3 Å². The Morgan fingerprint density at radius 2 is 1.55 bits per heavy atom. The van der Waals surface area contributed by atoms with E-state index in [0.29, 0.717) is 25.0 Å². The summed E-state index contributed by atoms with van der Waals surface area (Å²) in [6.07, 6.45) is -10.2. The highest BCUT2D eigenvalue weighted by molar-refractivity contribution is 5.66. The normalized spacial score (nSPS) is 14.1. The number of carbonyl (C=O) groups is 1. The second-order valence-electron chi connectivity index (χ2n) is 7.50. The predicted octanol–water partition coefficient (Wildman–Crippen LogP) is 5.91. The van der Waals surface area contributed by atoms with Gasteiger partial charge in [0.2, 0.25) is 0 Å². The molecule has 1 N–H and O–H groups in total. The van der Waals surface area contributed by atoms with E-state index in [1.165, 1.54) is 13.8 Å². The molecule has 0 aliphatic heterocycles. The summed E-state index contributed by atoms with van der Waals surface area (Å²) in [5.74, 6) is -0.465. The van der Waals surface area contributed by atoms with E-state index < -0.39 is 41.7 Å². The smallest absolute Gasteiger partial charge is 0.416 e. The minimum absolute atomic E-state index is 0.0743. The first kappa shape index (κ1) is 26.7. The molecule has 33 heavy (non-hydrogen) atoms. The Labute approximate surface area is 187 Å². The van der Waals surface area contributed by atoms with Gasteiger partial charge in [0.15, 0.2) is 0 Å². The van der Waals surface area contributed by atoms with Crippen molar-refractivity contribution in [3.05, 3.63) is 70.8 Å². The van der Waals surface area contributed by atoms with Crippen LogP contribution in [0.3, 0.4) is 0 Å². The maximum absolute atomic E-state index is 13.0. The number of halogens is 6. The molecular formula is C23H25F6NO3. The van der Waals surface area contributed by atoms with E-state index in [9.17, 15) is 31.1 Å². The minimum Gasteiger partial charge on any atom is -0.461 e. The number of esters is 1. The molecule has 2 rings (SSSR count). The molecule has 0 bridgehead atoms. The summed E-state index contributed by atoms with van der Waals surface area (Å²) in [5.41, 5.74) is -1.98. The number of hydrogen-bond donors (Lipinski definition) is 1. The monoisotopic (exact) mass is 477 g/mol. The molecule has 0 fully saturated rings. The largest absolute Gasteiger partial charge is 0.461 e. The zero-order valence-corrected chi connectivity index (χ0v) is 18.1. The van der Waals surface area contributed by atoms with Crippen LogP contribution < -0.4 is 5.32 Å². The Kier molecular flexibility index (Phi) is 9.30.